The van der Waals surface area contributed by atoms with Gasteiger partial charge in [0.15, 0.2) is 18.4 Å². The molecule has 30 heavy (non-hydrogen) atoms. The third kappa shape index (κ3) is 8.58. The van der Waals surface area contributed by atoms with E-state index in [0.29, 0.717) is 17.9 Å². The zero-order chi connectivity index (χ0) is 21.6. The number of aromatic nitrogens is 2. The first-order valence-corrected chi connectivity index (χ1v) is 12.6. The van der Waals surface area contributed by atoms with Crippen LogP contribution in [0.3, 0.4) is 0 Å². The highest BCUT2D eigenvalue weighted by Crippen LogP contribution is 2.31. The molecule has 0 saturated heterocycles. The van der Waals surface area contributed by atoms with Gasteiger partial charge in [-0.2, -0.15) is 0 Å². The summed E-state index contributed by atoms with van der Waals surface area (Å²) < 4.78 is 2.40. The van der Waals surface area contributed by atoms with E-state index in [2.05, 4.69) is 73.9 Å². The molecule has 0 saturated carbocycles. The molecule has 0 radical (unpaired) electrons. The molecule has 0 spiro atoms. The van der Waals surface area contributed by atoms with Crippen LogP contribution in [-0.2, 0) is 0 Å². The fourth-order valence-electron chi connectivity index (χ4n) is 4.53. The topological polar surface area (TPSA) is 16.8 Å². The Hall–Kier alpha value is -1.70. The van der Waals surface area contributed by atoms with Gasteiger partial charge in [-0.3, -0.25) is 4.98 Å². The Balaban J connectivity index is 1.75. The smallest absolute Gasteiger partial charge is 0.169 e. The van der Waals surface area contributed by atoms with E-state index in [4.69, 9.17) is 0 Å². The molecule has 0 aliphatic heterocycles. The lowest BCUT2D eigenvalue weighted by Crippen LogP contribution is -2.37. The lowest BCUT2D eigenvalue weighted by molar-refractivity contribution is -0.720. The molecule has 0 aliphatic rings. The van der Waals surface area contributed by atoms with Gasteiger partial charge >= 0.3 is 0 Å². The summed E-state index contributed by atoms with van der Waals surface area (Å²) in [6.45, 7) is 9.31. The Kier molecular flexibility index (Phi) is 11.7. The van der Waals surface area contributed by atoms with E-state index in [1.54, 1.807) is 0 Å². The van der Waals surface area contributed by atoms with Crippen molar-refractivity contribution < 1.29 is 4.57 Å². The van der Waals surface area contributed by atoms with Gasteiger partial charge in [0.1, 0.15) is 0 Å². The maximum atomic E-state index is 4.17. The molecule has 2 nitrogen and oxygen atoms in total. The number of rotatable bonds is 15. The molecular formula is C28H45N2+. The van der Waals surface area contributed by atoms with Gasteiger partial charge in [-0.25, -0.2) is 4.57 Å². The molecule has 0 N–H and O–H groups in total. The largest absolute Gasteiger partial charge is 0.265 e. The van der Waals surface area contributed by atoms with Gasteiger partial charge in [0, 0.05) is 30.9 Å². The maximum Gasteiger partial charge on any atom is 0.169 e. The first-order chi connectivity index (χ1) is 14.7. The van der Waals surface area contributed by atoms with Crippen LogP contribution in [-0.4, -0.2) is 4.98 Å². The predicted octanol–water partition coefficient (Wildman–Crippen LogP) is 8.15. The van der Waals surface area contributed by atoms with Crippen molar-refractivity contribution in [2.45, 2.75) is 116 Å². The summed E-state index contributed by atoms with van der Waals surface area (Å²) in [6.07, 6.45) is 23.3. The fourth-order valence-corrected chi connectivity index (χ4v) is 4.53. The molecule has 0 aliphatic carbocycles. The molecule has 3 atom stereocenters. The molecule has 3 unspecified atom stereocenters. The van der Waals surface area contributed by atoms with Crippen molar-refractivity contribution in [3.63, 3.8) is 0 Å². The molecule has 0 fully saturated rings. The number of hydrogen-bond donors (Lipinski definition) is 0. The average molecular weight is 410 g/mol. The van der Waals surface area contributed by atoms with Gasteiger partial charge in [-0.05, 0) is 61.3 Å². The fraction of sp³-hybridized carbons (Fsp3) is 0.643. The molecule has 2 aromatic rings. The third-order valence-electron chi connectivity index (χ3n) is 6.74. The van der Waals surface area contributed by atoms with Gasteiger partial charge < -0.3 is 0 Å². The van der Waals surface area contributed by atoms with Crippen molar-refractivity contribution >= 4 is 0 Å². The van der Waals surface area contributed by atoms with Crippen molar-refractivity contribution in [2.24, 2.45) is 0 Å². The standard InChI is InChI=1S/C28H45N2/c1-5-7-8-9-10-11-12-13-14-25(4)30-21-17-27(18-22-30)24(3)23-26(6-2)28-15-19-29-20-16-28/h15-22,24-26H,5-14,23H2,1-4H3/q+1. The highest BCUT2D eigenvalue weighted by molar-refractivity contribution is 5.19. The molecule has 2 aromatic heterocycles. The molecule has 166 valence electrons. The summed E-state index contributed by atoms with van der Waals surface area (Å²) in [5, 5.41) is 0. The quantitative estimate of drug-likeness (QED) is 0.214. The van der Waals surface area contributed by atoms with E-state index < -0.39 is 0 Å². The van der Waals surface area contributed by atoms with Crippen LogP contribution >= 0.6 is 0 Å². The molecule has 0 amide bonds. The lowest BCUT2D eigenvalue weighted by Gasteiger charge is -2.20. The van der Waals surface area contributed by atoms with Gasteiger partial charge in [-0.15, -0.1) is 0 Å². The van der Waals surface area contributed by atoms with Crippen LogP contribution in [0.2, 0.25) is 0 Å². The first kappa shape index (κ1) is 24.6. The summed E-state index contributed by atoms with van der Waals surface area (Å²) in [5.74, 6) is 1.18. The van der Waals surface area contributed by atoms with Gasteiger partial charge in [0.05, 0.1) is 0 Å². The third-order valence-corrected chi connectivity index (χ3v) is 6.74. The van der Waals surface area contributed by atoms with Crippen molar-refractivity contribution in [3.05, 3.63) is 60.2 Å². The maximum absolute atomic E-state index is 4.17. The molecular weight excluding hydrogens is 364 g/mol. The van der Waals surface area contributed by atoms with Gasteiger partial charge in [-0.1, -0.05) is 65.7 Å². The van der Waals surface area contributed by atoms with Crippen LogP contribution in [0.25, 0.3) is 0 Å². The minimum atomic E-state index is 0.570. The highest BCUT2D eigenvalue weighted by Gasteiger charge is 2.17. The summed E-state index contributed by atoms with van der Waals surface area (Å²) >= 11 is 0. The van der Waals surface area contributed by atoms with Crippen LogP contribution in [0.5, 0.6) is 0 Å². The second-order valence-electron chi connectivity index (χ2n) is 9.21. The molecule has 0 bridgehead atoms. The monoisotopic (exact) mass is 409 g/mol. The number of nitrogens with zero attached hydrogens (tertiary/aromatic N) is 2. The molecule has 0 aromatic carbocycles. The number of hydrogen-bond acceptors (Lipinski definition) is 1. The summed E-state index contributed by atoms with van der Waals surface area (Å²) in [6, 6.07) is 9.62. The van der Waals surface area contributed by atoms with Crippen LogP contribution < -0.4 is 4.57 Å². The van der Waals surface area contributed by atoms with Crippen LogP contribution in [0.15, 0.2) is 49.1 Å². The Bertz CT molecular complexity index is 665. The van der Waals surface area contributed by atoms with Gasteiger partial charge in [0.25, 0.3) is 0 Å². The zero-order valence-electron chi connectivity index (χ0n) is 20.0. The highest BCUT2D eigenvalue weighted by atomic mass is 15.0. The van der Waals surface area contributed by atoms with Crippen molar-refractivity contribution in [1.82, 2.24) is 4.98 Å². The SMILES string of the molecule is CCCCCCCCCCC(C)[n+]1ccc(C(C)CC(CC)c2ccncc2)cc1. The Labute approximate surface area is 186 Å². The molecule has 2 heterocycles. The normalized spacial score (nSPS) is 14.4. The van der Waals surface area contributed by atoms with E-state index in [1.807, 2.05) is 12.4 Å². The Morgan fingerprint density at radius 2 is 1.37 bits per heavy atom. The second kappa shape index (κ2) is 14.3. The minimum Gasteiger partial charge on any atom is -0.265 e. The number of unbranched alkanes of at least 4 members (excludes halogenated alkanes) is 7. The average Bonchev–Trinajstić information content (AvgIpc) is 2.79. The van der Waals surface area contributed by atoms with E-state index in [9.17, 15) is 0 Å². The molecule has 2 rings (SSSR count). The van der Waals surface area contributed by atoms with Crippen molar-refractivity contribution in [3.8, 4) is 0 Å². The lowest BCUT2D eigenvalue weighted by atomic mass is 9.85. The Morgan fingerprint density at radius 1 is 0.767 bits per heavy atom. The van der Waals surface area contributed by atoms with E-state index in [0.717, 1.165) is 0 Å². The summed E-state index contributed by atoms with van der Waals surface area (Å²) in [7, 11) is 0. The van der Waals surface area contributed by atoms with Crippen LogP contribution in [0.1, 0.15) is 127 Å². The van der Waals surface area contributed by atoms with Crippen LogP contribution in [0, 0.1) is 0 Å². The van der Waals surface area contributed by atoms with Crippen molar-refractivity contribution in [1.29, 1.82) is 0 Å². The minimum absolute atomic E-state index is 0.570. The van der Waals surface area contributed by atoms with Crippen molar-refractivity contribution in [2.75, 3.05) is 0 Å². The van der Waals surface area contributed by atoms with E-state index >= 15 is 0 Å². The van der Waals surface area contributed by atoms with Crippen LogP contribution in [0.4, 0.5) is 0 Å². The first-order valence-electron chi connectivity index (χ1n) is 12.6. The van der Waals surface area contributed by atoms with E-state index in [1.165, 1.54) is 81.8 Å². The summed E-state index contributed by atoms with van der Waals surface area (Å²) in [5.41, 5.74) is 2.88. The van der Waals surface area contributed by atoms with Gasteiger partial charge in [0.2, 0.25) is 0 Å². The molecule has 2 heteroatoms. The zero-order valence-corrected chi connectivity index (χ0v) is 20.0. The Morgan fingerprint density at radius 3 is 1.97 bits per heavy atom. The predicted molar refractivity (Wildman–Crippen MR) is 129 cm³/mol. The summed E-state index contributed by atoms with van der Waals surface area (Å²) in [4.78, 5) is 4.17. The second-order valence-corrected chi connectivity index (χ2v) is 9.21. The van der Waals surface area contributed by atoms with E-state index in [-0.39, 0.29) is 0 Å². The number of pyridine rings is 2.